The van der Waals surface area contributed by atoms with Gasteiger partial charge in [-0.1, -0.05) is 31.4 Å². The van der Waals surface area contributed by atoms with Crippen molar-refractivity contribution in [1.82, 2.24) is 5.32 Å². The lowest BCUT2D eigenvalue weighted by Crippen LogP contribution is -2.38. The van der Waals surface area contributed by atoms with Gasteiger partial charge in [-0.2, -0.15) is 0 Å². The van der Waals surface area contributed by atoms with Crippen molar-refractivity contribution in [2.45, 2.75) is 78.7 Å². The third kappa shape index (κ3) is 5.00. The van der Waals surface area contributed by atoms with Crippen molar-refractivity contribution in [2.75, 3.05) is 6.54 Å². The molecule has 1 aliphatic carbocycles. The van der Waals surface area contributed by atoms with Crippen molar-refractivity contribution in [1.29, 1.82) is 0 Å². The molecule has 0 bridgehead atoms. The maximum absolute atomic E-state index is 13.2. The molecule has 0 saturated heterocycles. The molecule has 4 nitrogen and oxygen atoms in total. The Kier molecular flexibility index (Phi) is 7.23. The minimum absolute atomic E-state index is 0.124. The fourth-order valence-corrected chi connectivity index (χ4v) is 3.46. The van der Waals surface area contributed by atoms with Crippen LogP contribution in [0, 0.1) is 0 Å². The average Bonchev–Trinajstić information content (AvgIpc) is 2.61. The molecular formula is C23H33NO3. The highest BCUT2D eigenvalue weighted by Crippen LogP contribution is 2.36. The summed E-state index contributed by atoms with van der Waals surface area (Å²) in [5.41, 5.74) is 2.12. The standard InChI is InChI=1S/C23H33NO3/c1-6-8-9-12-17-19(24-7-2)20(25)18-13-15-23(5,14-10-11-16(3)4)27-22(18)21(17)26/h11,13,15,24H,6-10,12,14H2,1-5H3. The zero-order valence-corrected chi connectivity index (χ0v) is 17.4. The van der Waals surface area contributed by atoms with Gasteiger partial charge in [-0.15, -0.1) is 0 Å². The first kappa shape index (κ1) is 21.2. The highest BCUT2D eigenvalue weighted by Gasteiger charge is 2.40. The first-order chi connectivity index (χ1) is 12.8. The molecule has 4 heteroatoms. The summed E-state index contributed by atoms with van der Waals surface area (Å²) in [4.78, 5) is 26.2. The lowest BCUT2D eigenvalue weighted by atomic mass is 9.85. The minimum Gasteiger partial charge on any atom is -0.479 e. The second-order valence-electron chi connectivity index (χ2n) is 7.81. The number of hydrogen-bond acceptors (Lipinski definition) is 4. The lowest BCUT2D eigenvalue weighted by molar-refractivity contribution is -0.121. The van der Waals surface area contributed by atoms with Gasteiger partial charge >= 0.3 is 0 Å². The molecule has 1 N–H and O–H groups in total. The number of carbonyl (C=O) groups excluding carboxylic acids is 2. The Morgan fingerprint density at radius 1 is 1.19 bits per heavy atom. The smallest absolute Gasteiger partial charge is 0.226 e. The van der Waals surface area contributed by atoms with E-state index in [0.29, 0.717) is 29.8 Å². The van der Waals surface area contributed by atoms with E-state index in [2.05, 4.69) is 32.2 Å². The average molecular weight is 372 g/mol. The largest absolute Gasteiger partial charge is 0.479 e. The molecule has 0 radical (unpaired) electrons. The fraction of sp³-hybridized carbons (Fsp3) is 0.565. The zero-order chi connectivity index (χ0) is 20.0. The zero-order valence-electron chi connectivity index (χ0n) is 17.4. The molecule has 1 heterocycles. The summed E-state index contributed by atoms with van der Waals surface area (Å²) in [6.07, 6.45) is 11.1. The molecule has 0 amide bonds. The van der Waals surface area contributed by atoms with E-state index >= 15 is 0 Å². The lowest BCUT2D eigenvalue weighted by Gasteiger charge is -2.34. The summed E-state index contributed by atoms with van der Waals surface area (Å²) < 4.78 is 6.14. The molecule has 0 saturated carbocycles. The van der Waals surface area contributed by atoms with Gasteiger partial charge in [0.05, 0.1) is 11.3 Å². The van der Waals surface area contributed by atoms with Crippen molar-refractivity contribution < 1.29 is 14.3 Å². The van der Waals surface area contributed by atoms with Crippen LogP contribution in [-0.4, -0.2) is 23.7 Å². The van der Waals surface area contributed by atoms with Gasteiger partial charge in [0.2, 0.25) is 11.6 Å². The van der Waals surface area contributed by atoms with E-state index in [0.717, 1.165) is 32.1 Å². The molecule has 27 heavy (non-hydrogen) atoms. The van der Waals surface area contributed by atoms with Crippen LogP contribution >= 0.6 is 0 Å². The number of unbranched alkanes of at least 4 members (excludes halogenated alkanes) is 2. The summed E-state index contributed by atoms with van der Waals surface area (Å²) >= 11 is 0. The fourth-order valence-electron chi connectivity index (χ4n) is 3.46. The molecule has 2 aliphatic rings. The Bertz CT molecular complexity index is 720. The van der Waals surface area contributed by atoms with Gasteiger partial charge in [0.1, 0.15) is 5.60 Å². The number of hydrogen-bond donors (Lipinski definition) is 1. The second kappa shape index (κ2) is 9.20. The van der Waals surface area contributed by atoms with E-state index in [1.165, 1.54) is 5.57 Å². The van der Waals surface area contributed by atoms with Gasteiger partial charge in [-0.25, -0.2) is 0 Å². The summed E-state index contributed by atoms with van der Waals surface area (Å²) in [6, 6.07) is 0. The number of likely N-dealkylation sites (N-methyl/N-ethyl adjacent to an activating group) is 1. The molecule has 0 aromatic heterocycles. The van der Waals surface area contributed by atoms with E-state index in [9.17, 15) is 9.59 Å². The topological polar surface area (TPSA) is 55.4 Å². The van der Waals surface area contributed by atoms with Crippen LogP contribution in [0.2, 0.25) is 0 Å². The molecule has 1 aliphatic heterocycles. The number of allylic oxidation sites excluding steroid dienone is 5. The minimum atomic E-state index is -0.565. The maximum Gasteiger partial charge on any atom is 0.226 e. The molecular weight excluding hydrogens is 338 g/mol. The van der Waals surface area contributed by atoms with Crippen LogP contribution in [-0.2, 0) is 14.3 Å². The molecule has 1 unspecified atom stereocenters. The van der Waals surface area contributed by atoms with Crippen LogP contribution < -0.4 is 5.32 Å². The maximum atomic E-state index is 13.2. The second-order valence-corrected chi connectivity index (χ2v) is 7.81. The van der Waals surface area contributed by atoms with Gasteiger partial charge in [-0.05, 0) is 65.5 Å². The third-order valence-corrected chi connectivity index (χ3v) is 5.01. The highest BCUT2D eigenvalue weighted by atomic mass is 16.5. The van der Waals surface area contributed by atoms with E-state index in [-0.39, 0.29) is 17.3 Å². The van der Waals surface area contributed by atoms with E-state index in [4.69, 9.17) is 4.74 Å². The van der Waals surface area contributed by atoms with Gasteiger partial charge in [0.15, 0.2) is 5.76 Å². The predicted molar refractivity (Wildman–Crippen MR) is 109 cm³/mol. The van der Waals surface area contributed by atoms with E-state index < -0.39 is 5.60 Å². The summed E-state index contributed by atoms with van der Waals surface area (Å²) in [5, 5.41) is 3.12. The number of carbonyl (C=O) groups is 2. The van der Waals surface area contributed by atoms with E-state index in [1.54, 1.807) is 6.08 Å². The van der Waals surface area contributed by atoms with Crippen molar-refractivity contribution in [3.05, 3.63) is 46.4 Å². The van der Waals surface area contributed by atoms with Crippen LogP contribution in [0.15, 0.2) is 46.4 Å². The Hall–Kier alpha value is -2.10. The highest BCUT2D eigenvalue weighted by molar-refractivity contribution is 6.25. The monoisotopic (exact) mass is 371 g/mol. The van der Waals surface area contributed by atoms with Crippen molar-refractivity contribution in [3.63, 3.8) is 0 Å². The Balaban J connectivity index is 2.26. The normalized spacial score (nSPS) is 22.0. The van der Waals surface area contributed by atoms with Crippen LogP contribution in [0.25, 0.3) is 0 Å². The Morgan fingerprint density at radius 2 is 1.93 bits per heavy atom. The molecule has 0 aromatic carbocycles. The number of ketones is 2. The SMILES string of the molecule is CCCCCC1=C(NCC)C(=O)C2=C(OC(C)(CCC=C(C)C)C=C2)C1=O. The number of Topliss-reactive ketones (excluding diaryl/α,β-unsaturated/α-hetero) is 2. The van der Waals surface area contributed by atoms with Gasteiger partial charge in [0, 0.05) is 12.1 Å². The molecule has 0 fully saturated rings. The summed E-state index contributed by atoms with van der Waals surface area (Å²) in [5.74, 6) is -0.0228. The van der Waals surface area contributed by atoms with E-state index in [1.807, 2.05) is 19.9 Å². The van der Waals surface area contributed by atoms with Gasteiger partial charge in [0.25, 0.3) is 0 Å². The van der Waals surface area contributed by atoms with Crippen LogP contribution in [0.5, 0.6) is 0 Å². The molecule has 148 valence electrons. The summed E-state index contributed by atoms with van der Waals surface area (Å²) in [6.45, 7) is 10.8. The number of nitrogens with one attached hydrogen (secondary N) is 1. The molecule has 2 rings (SSSR count). The first-order valence-corrected chi connectivity index (χ1v) is 10.1. The Morgan fingerprint density at radius 3 is 2.56 bits per heavy atom. The molecule has 0 aromatic rings. The van der Waals surface area contributed by atoms with Crippen LogP contribution in [0.4, 0.5) is 0 Å². The van der Waals surface area contributed by atoms with Crippen LogP contribution in [0.3, 0.4) is 0 Å². The van der Waals surface area contributed by atoms with Crippen molar-refractivity contribution >= 4 is 11.6 Å². The third-order valence-electron chi connectivity index (χ3n) is 5.01. The van der Waals surface area contributed by atoms with Gasteiger partial charge in [-0.3, -0.25) is 9.59 Å². The summed E-state index contributed by atoms with van der Waals surface area (Å²) in [7, 11) is 0. The van der Waals surface area contributed by atoms with Crippen LogP contribution in [0.1, 0.15) is 73.1 Å². The predicted octanol–water partition coefficient (Wildman–Crippen LogP) is 4.93. The van der Waals surface area contributed by atoms with Gasteiger partial charge < -0.3 is 10.1 Å². The van der Waals surface area contributed by atoms with Crippen molar-refractivity contribution in [3.8, 4) is 0 Å². The number of ether oxygens (including phenoxy) is 1. The Labute approximate surface area is 163 Å². The first-order valence-electron chi connectivity index (χ1n) is 10.1. The van der Waals surface area contributed by atoms with Crippen molar-refractivity contribution in [2.24, 2.45) is 0 Å². The quantitative estimate of drug-likeness (QED) is 0.355. The number of rotatable bonds is 9. The molecule has 0 spiro atoms. The molecule has 1 atom stereocenters.